The van der Waals surface area contributed by atoms with Gasteiger partial charge in [0.25, 0.3) is 0 Å². The fraction of sp³-hybridized carbons (Fsp3) is 0.263. The van der Waals surface area contributed by atoms with Gasteiger partial charge in [-0.2, -0.15) is 0 Å². The van der Waals surface area contributed by atoms with E-state index in [9.17, 15) is 4.39 Å². The SMILES string of the molecule is Cc1cc2cc(-c3cncc(NC4CNC4)c3C)c(F)cc2cn1. The van der Waals surface area contributed by atoms with Crippen LogP contribution in [-0.2, 0) is 0 Å². The van der Waals surface area contributed by atoms with Crippen molar-refractivity contribution in [2.45, 2.75) is 19.9 Å². The molecule has 3 aromatic rings. The highest BCUT2D eigenvalue weighted by Crippen LogP contribution is 2.32. The average Bonchev–Trinajstić information content (AvgIpc) is 2.52. The maximum atomic E-state index is 14.7. The Bertz CT molecular complexity index is 919. The number of aryl methyl sites for hydroxylation is 1. The predicted octanol–water partition coefficient (Wildman–Crippen LogP) is 3.44. The highest BCUT2D eigenvalue weighted by atomic mass is 19.1. The van der Waals surface area contributed by atoms with Crippen molar-refractivity contribution in [1.82, 2.24) is 15.3 Å². The van der Waals surface area contributed by atoms with Crippen molar-refractivity contribution in [3.05, 3.63) is 53.9 Å². The molecule has 0 aliphatic carbocycles. The summed E-state index contributed by atoms with van der Waals surface area (Å²) in [4.78, 5) is 8.55. The number of nitrogens with zero attached hydrogens (tertiary/aromatic N) is 2. The Balaban J connectivity index is 1.81. The summed E-state index contributed by atoms with van der Waals surface area (Å²) in [6.07, 6.45) is 5.26. The van der Waals surface area contributed by atoms with Crippen LogP contribution in [-0.4, -0.2) is 29.1 Å². The van der Waals surface area contributed by atoms with E-state index in [1.54, 1.807) is 18.5 Å². The summed E-state index contributed by atoms with van der Waals surface area (Å²) < 4.78 is 14.7. The zero-order chi connectivity index (χ0) is 16.7. The lowest BCUT2D eigenvalue weighted by molar-refractivity contribution is 0.472. The highest BCUT2D eigenvalue weighted by Gasteiger charge is 2.19. The fourth-order valence-corrected chi connectivity index (χ4v) is 3.04. The van der Waals surface area contributed by atoms with Gasteiger partial charge in [0.05, 0.1) is 17.9 Å². The molecule has 1 aliphatic rings. The summed E-state index contributed by atoms with van der Waals surface area (Å²) in [5.74, 6) is -0.250. The summed E-state index contributed by atoms with van der Waals surface area (Å²) in [5.41, 5.74) is 4.29. The standard InChI is InChI=1S/C19H19FN4/c1-11-3-13-4-16(18(20)5-14(13)6-23-11)17-9-22-10-19(12(17)2)24-15-7-21-8-15/h3-6,9-10,15,21,24H,7-8H2,1-2H3. The molecule has 3 heterocycles. The molecule has 1 aliphatic heterocycles. The van der Waals surface area contributed by atoms with Gasteiger partial charge < -0.3 is 10.6 Å². The van der Waals surface area contributed by atoms with Gasteiger partial charge in [-0.25, -0.2) is 4.39 Å². The first-order chi connectivity index (χ1) is 11.6. The molecule has 0 radical (unpaired) electrons. The van der Waals surface area contributed by atoms with Crippen molar-refractivity contribution < 1.29 is 4.39 Å². The molecular formula is C19H19FN4. The zero-order valence-corrected chi connectivity index (χ0v) is 13.7. The smallest absolute Gasteiger partial charge is 0.131 e. The second-order valence-corrected chi connectivity index (χ2v) is 6.36. The maximum Gasteiger partial charge on any atom is 0.131 e. The van der Waals surface area contributed by atoms with Crippen molar-refractivity contribution in [3.8, 4) is 11.1 Å². The minimum absolute atomic E-state index is 0.250. The van der Waals surface area contributed by atoms with Gasteiger partial charge in [0.1, 0.15) is 5.82 Å². The van der Waals surface area contributed by atoms with Crippen molar-refractivity contribution >= 4 is 16.5 Å². The molecule has 0 atom stereocenters. The zero-order valence-electron chi connectivity index (χ0n) is 13.7. The quantitative estimate of drug-likeness (QED) is 0.775. The summed E-state index contributed by atoms with van der Waals surface area (Å²) in [7, 11) is 0. The van der Waals surface area contributed by atoms with E-state index in [0.717, 1.165) is 46.4 Å². The van der Waals surface area contributed by atoms with Gasteiger partial charge in [-0.05, 0) is 43.0 Å². The van der Waals surface area contributed by atoms with Crippen molar-refractivity contribution in [1.29, 1.82) is 0 Å². The van der Waals surface area contributed by atoms with E-state index in [4.69, 9.17) is 0 Å². The Morgan fingerprint density at radius 3 is 2.62 bits per heavy atom. The molecule has 0 amide bonds. The van der Waals surface area contributed by atoms with Gasteiger partial charge >= 0.3 is 0 Å². The van der Waals surface area contributed by atoms with Crippen molar-refractivity contribution in [3.63, 3.8) is 0 Å². The molecule has 0 unspecified atom stereocenters. The first kappa shape index (κ1) is 15.0. The Hall–Kier alpha value is -2.53. The van der Waals surface area contributed by atoms with E-state index in [-0.39, 0.29) is 5.82 Å². The molecule has 1 saturated heterocycles. The van der Waals surface area contributed by atoms with Crippen LogP contribution < -0.4 is 10.6 Å². The number of benzene rings is 1. The predicted molar refractivity (Wildman–Crippen MR) is 94.7 cm³/mol. The fourth-order valence-electron chi connectivity index (χ4n) is 3.04. The van der Waals surface area contributed by atoms with Crippen LogP contribution in [0.3, 0.4) is 0 Å². The van der Waals surface area contributed by atoms with Gasteiger partial charge in [-0.3, -0.25) is 9.97 Å². The minimum atomic E-state index is -0.250. The van der Waals surface area contributed by atoms with Crippen LogP contribution in [0.1, 0.15) is 11.3 Å². The third-order valence-electron chi connectivity index (χ3n) is 4.59. The summed E-state index contributed by atoms with van der Waals surface area (Å²) in [6, 6.07) is 5.82. The molecular weight excluding hydrogens is 303 g/mol. The molecule has 4 nitrogen and oxygen atoms in total. The van der Waals surface area contributed by atoms with Crippen molar-refractivity contribution in [2.75, 3.05) is 18.4 Å². The molecule has 1 aromatic carbocycles. The Morgan fingerprint density at radius 1 is 1.04 bits per heavy atom. The number of hydrogen-bond donors (Lipinski definition) is 2. The maximum absolute atomic E-state index is 14.7. The average molecular weight is 322 g/mol. The number of hydrogen-bond acceptors (Lipinski definition) is 4. The molecule has 5 heteroatoms. The minimum Gasteiger partial charge on any atom is -0.378 e. The number of pyridine rings is 2. The van der Waals surface area contributed by atoms with E-state index in [1.165, 1.54) is 0 Å². The molecule has 24 heavy (non-hydrogen) atoms. The van der Waals surface area contributed by atoms with Gasteiger partial charge in [-0.15, -0.1) is 0 Å². The lowest BCUT2D eigenvalue weighted by Gasteiger charge is -2.29. The van der Waals surface area contributed by atoms with Gasteiger partial charge in [0.2, 0.25) is 0 Å². The van der Waals surface area contributed by atoms with Crippen LogP contribution in [0.15, 0.2) is 36.8 Å². The van der Waals surface area contributed by atoms with Gasteiger partial charge in [0.15, 0.2) is 0 Å². The van der Waals surface area contributed by atoms with Crippen LogP contribution in [0.2, 0.25) is 0 Å². The van der Waals surface area contributed by atoms with E-state index in [2.05, 4.69) is 20.6 Å². The topological polar surface area (TPSA) is 49.8 Å². The van der Waals surface area contributed by atoms with E-state index in [0.29, 0.717) is 11.6 Å². The normalized spacial score (nSPS) is 14.6. The van der Waals surface area contributed by atoms with Crippen LogP contribution >= 0.6 is 0 Å². The lowest BCUT2D eigenvalue weighted by atomic mass is 9.98. The van der Waals surface area contributed by atoms with Gasteiger partial charge in [0, 0.05) is 47.7 Å². The number of halogens is 1. The highest BCUT2D eigenvalue weighted by molar-refractivity contribution is 5.88. The number of aromatic nitrogens is 2. The summed E-state index contributed by atoms with van der Waals surface area (Å²) in [6.45, 7) is 5.83. The number of fused-ring (bicyclic) bond motifs is 1. The Morgan fingerprint density at radius 2 is 1.88 bits per heavy atom. The Labute approximate surface area is 140 Å². The molecule has 0 bridgehead atoms. The second-order valence-electron chi connectivity index (χ2n) is 6.36. The Kier molecular flexibility index (Phi) is 3.65. The van der Waals surface area contributed by atoms with Crippen molar-refractivity contribution in [2.24, 2.45) is 0 Å². The number of rotatable bonds is 3. The summed E-state index contributed by atoms with van der Waals surface area (Å²) in [5, 5.41) is 8.49. The molecule has 2 aromatic heterocycles. The number of nitrogens with one attached hydrogen (secondary N) is 2. The molecule has 4 rings (SSSR count). The van der Waals surface area contributed by atoms with E-state index < -0.39 is 0 Å². The third kappa shape index (κ3) is 2.61. The largest absolute Gasteiger partial charge is 0.378 e. The van der Waals surface area contributed by atoms with E-state index >= 15 is 0 Å². The molecule has 122 valence electrons. The molecule has 0 spiro atoms. The first-order valence-electron chi connectivity index (χ1n) is 8.10. The van der Waals surface area contributed by atoms with Crippen LogP contribution in [0.5, 0.6) is 0 Å². The lowest BCUT2D eigenvalue weighted by Crippen LogP contribution is -2.51. The van der Waals surface area contributed by atoms with Crippen LogP contribution in [0.4, 0.5) is 10.1 Å². The molecule has 2 N–H and O–H groups in total. The third-order valence-corrected chi connectivity index (χ3v) is 4.59. The monoisotopic (exact) mass is 322 g/mol. The molecule has 1 fully saturated rings. The van der Waals surface area contributed by atoms with Gasteiger partial charge in [-0.1, -0.05) is 0 Å². The molecule has 0 saturated carbocycles. The van der Waals surface area contributed by atoms with E-state index in [1.807, 2.05) is 32.2 Å². The second kappa shape index (κ2) is 5.83. The summed E-state index contributed by atoms with van der Waals surface area (Å²) >= 11 is 0. The van der Waals surface area contributed by atoms with Crippen LogP contribution in [0.25, 0.3) is 21.9 Å². The van der Waals surface area contributed by atoms with Crippen LogP contribution in [0, 0.1) is 19.7 Å². The number of anilines is 1. The first-order valence-corrected chi connectivity index (χ1v) is 8.10.